The summed E-state index contributed by atoms with van der Waals surface area (Å²) in [5.74, 6) is -0.469. The number of allylic oxidation sites excluding steroid dienone is 1. The van der Waals surface area contributed by atoms with Gasteiger partial charge in [-0.05, 0) is 23.6 Å². The number of ether oxygens (including phenoxy) is 1. The van der Waals surface area contributed by atoms with Crippen LogP contribution in [0, 0.1) is 17.7 Å². The molecule has 3 atom stereocenters. The SMILES string of the molecule is COC(=O)[C@H]1[C@H](C)C=C[C@H]1NCc1ccc(F)cc1. The summed E-state index contributed by atoms with van der Waals surface area (Å²) in [4.78, 5) is 11.7. The second-order valence-corrected chi connectivity index (χ2v) is 4.83. The van der Waals surface area contributed by atoms with Crippen LogP contribution in [-0.2, 0) is 16.1 Å². The van der Waals surface area contributed by atoms with Crippen LogP contribution < -0.4 is 5.32 Å². The molecule has 2 rings (SSSR count). The van der Waals surface area contributed by atoms with Gasteiger partial charge in [0.05, 0.1) is 13.0 Å². The van der Waals surface area contributed by atoms with Crippen LogP contribution in [0.5, 0.6) is 0 Å². The van der Waals surface area contributed by atoms with Gasteiger partial charge in [0.1, 0.15) is 5.82 Å². The molecule has 0 spiro atoms. The van der Waals surface area contributed by atoms with Crippen molar-refractivity contribution < 1.29 is 13.9 Å². The lowest BCUT2D eigenvalue weighted by Gasteiger charge is -2.21. The largest absolute Gasteiger partial charge is 0.469 e. The zero-order valence-electron chi connectivity index (χ0n) is 11.1. The van der Waals surface area contributed by atoms with Crippen LogP contribution in [0.25, 0.3) is 0 Å². The minimum Gasteiger partial charge on any atom is -0.469 e. The van der Waals surface area contributed by atoms with E-state index in [0.29, 0.717) is 6.54 Å². The molecular weight excluding hydrogens is 245 g/mol. The lowest BCUT2D eigenvalue weighted by atomic mass is 9.94. The average Bonchev–Trinajstić information content (AvgIpc) is 2.78. The van der Waals surface area contributed by atoms with Crippen molar-refractivity contribution in [3.05, 3.63) is 47.8 Å². The molecule has 1 aromatic carbocycles. The van der Waals surface area contributed by atoms with Gasteiger partial charge in [-0.25, -0.2) is 4.39 Å². The van der Waals surface area contributed by atoms with Gasteiger partial charge in [-0.15, -0.1) is 0 Å². The molecule has 0 heterocycles. The first-order chi connectivity index (χ1) is 9.11. The standard InChI is InChI=1S/C15H18FNO2/c1-10-3-8-13(14(10)15(18)19-2)17-9-11-4-6-12(16)7-5-11/h3-8,10,13-14,17H,9H2,1-2H3/t10-,13-,14+/m1/s1. The molecule has 19 heavy (non-hydrogen) atoms. The molecule has 0 radical (unpaired) electrons. The first-order valence-corrected chi connectivity index (χ1v) is 6.36. The van der Waals surface area contributed by atoms with E-state index in [-0.39, 0.29) is 29.7 Å². The second-order valence-electron chi connectivity index (χ2n) is 4.83. The second kappa shape index (κ2) is 5.97. The number of hydrogen-bond donors (Lipinski definition) is 1. The van der Waals surface area contributed by atoms with Crippen molar-refractivity contribution in [2.75, 3.05) is 7.11 Å². The van der Waals surface area contributed by atoms with Gasteiger partial charge < -0.3 is 10.1 Å². The van der Waals surface area contributed by atoms with Crippen molar-refractivity contribution >= 4 is 5.97 Å². The molecule has 0 fully saturated rings. The molecule has 0 aliphatic heterocycles. The van der Waals surface area contributed by atoms with Crippen molar-refractivity contribution in [1.82, 2.24) is 5.32 Å². The van der Waals surface area contributed by atoms with Crippen LogP contribution in [0.3, 0.4) is 0 Å². The first-order valence-electron chi connectivity index (χ1n) is 6.36. The van der Waals surface area contributed by atoms with Gasteiger partial charge in [-0.2, -0.15) is 0 Å². The van der Waals surface area contributed by atoms with Gasteiger partial charge in [-0.3, -0.25) is 4.79 Å². The Morgan fingerprint density at radius 2 is 2.00 bits per heavy atom. The van der Waals surface area contributed by atoms with E-state index in [9.17, 15) is 9.18 Å². The van der Waals surface area contributed by atoms with Crippen LogP contribution in [0.2, 0.25) is 0 Å². The van der Waals surface area contributed by atoms with Crippen molar-refractivity contribution in [1.29, 1.82) is 0 Å². The normalized spacial score (nSPS) is 25.5. The van der Waals surface area contributed by atoms with Crippen LogP contribution in [-0.4, -0.2) is 19.1 Å². The predicted octanol–water partition coefficient (Wildman–Crippen LogP) is 2.28. The molecule has 4 heteroatoms. The number of benzene rings is 1. The maximum atomic E-state index is 12.8. The Balaban J connectivity index is 1.96. The maximum absolute atomic E-state index is 12.8. The molecule has 0 unspecified atom stereocenters. The summed E-state index contributed by atoms with van der Waals surface area (Å²) in [6.07, 6.45) is 4.01. The smallest absolute Gasteiger partial charge is 0.311 e. The molecule has 0 bridgehead atoms. The third-order valence-electron chi connectivity index (χ3n) is 3.50. The van der Waals surface area contributed by atoms with E-state index in [4.69, 9.17) is 4.74 Å². The minimum atomic E-state index is -0.245. The van der Waals surface area contributed by atoms with Gasteiger partial charge >= 0.3 is 5.97 Å². The van der Waals surface area contributed by atoms with Gasteiger partial charge in [0.25, 0.3) is 0 Å². The summed E-state index contributed by atoms with van der Waals surface area (Å²) < 4.78 is 17.6. The van der Waals surface area contributed by atoms with Crippen molar-refractivity contribution in [2.24, 2.45) is 11.8 Å². The van der Waals surface area contributed by atoms with Crippen LogP contribution >= 0.6 is 0 Å². The van der Waals surface area contributed by atoms with Crippen LogP contribution in [0.1, 0.15) is 12.5 Å². The number of rotatable bonds is 4. The number of carbonyl (C=O) groups excluding carboxylic acids is 1. The van der Waals surface area contributed by atoms with E-state index in [1.54, 1.807) is 12.1 Å². The number of nitrogens with one attached hydrogen (secondary N) is 1. The lowest BCUT2D eigenvalue weighted by Crippen LogP contribution is -2.38. The quantitative estimate of drug-likeness (QED) is 0.669. The van der Waals surface area contributed by atoms with Gasteiger partial charge in [-0.1, -0.05) is 31.2 Å². The van der Waals surface area contributed by atoms with E-state index >= 15 is 0 Å². The Morgan fingerprint density at radius 1 is 1.32 bits per heavy atom. The summed E-state index contributed by atoms with van der Waals surface area (Å²) in [5.41, 5.74) is 0.984. The zero-order chi connectivity index (χ0) is 13.8. The molecular formula is C15H18FNO2. The van der Waals surface area contributed by atoms with Crippen molar-refractivity contribution in [2.45, 2.75) is 19.5 Å². The molecule has 1 aliphatic rings. The van der Waals surface area contributed by atoms with E-state index < -0.39 is 0 Å². The highest BCUT2D eigenvalue weighted by atomic mass is 19.1. The summed E-state index contributed by atoms with van der Waals surface area (Å²) in [7, 11) is 1.41. The van der Waals surface area contributed by atoms with Crippen LogP contribution in [0.15, 0.2) is 36.4 Å². The fraction of sp³-hybridized carbons (Fsp3) is 0.400. The summed E-state index contributed by atoms with van der Waals surface area (Å²) in [6.45, 7) is 2.59. The van der Waals surface area contributed by atoms with E-state index in [1.807, 2.05) is 19.1 Å². The third kappa shape index (κ3) is 3.20. The van der Waals surface area contributed by atoms with Gasteiger partial charge in [0.2, 0.25) is 0 Å². The Hall–Kier alpha value is -1.68. The van der Waals surface area contributed by atoms with Gasteiger partial charge in [0, 0.05) is 12.6 Å². The Morgan fingerprint density at radius 3 is 2.63 bits per heavy atom. The topological polar surface area (TPSA) is 38.3 Å². The van der Waals surface area contributed by atoms with Crippen LogP contribution in [0.4, 0.5) is 4.39 Å². The van der Waals surface area contributed by atoms with Crippen molar-refractivity contribution in [3.63, 3.8) is 0 Å². The minimum absolute atomic E-state index is 0.0347. The maximum Gasteiger partial charge on any atom is 0.311 e. The summed E-state index contributed by atoms with van der Waals surface area (Å²) in [6, 6.07) is 6.30. The van der Waals surface area contributed by atoms with E-state index in [0.717, 1.165) is 5.56 Å². The number of halogens is 1. The first kappa shape index (κ1) is 13.7. The monoisotopic (exact) mass is 263 g/mol. The number of carbonyl (C=O) groups is 1. The van der Waals surface area contributed by atoms with Crippen molar-refractivity contribution in [3.8, 4) is 0 Å². The lowest BCUT2D eigenvalue weighted by molar-refractivity contribution is -0.146. The third-order valence-corrected chi connectivity index (χ3v) is 3.50. The van der Waals surface area contributed by atoms with Gasteiger partial charge in [0.15, 0.2) is 0 Å². The molecule has 0 amide bonds. The number of methoxy groups -OCH3 is 1. The Kier molecular flexibility index (Phi) is 4.32. The van der Waals surface area contributed by atoms with E-state index in [1.165, 1.54) is 19.2 Å². The number of hydrogen-bond acceptors (Lipinski definition) is 3. The Bertz CT molecular complexity index is 470. The summed E-state index contributed by atoms with van der Waals surface area (Å²) in [5, 5.41) is 3.30. The molecule has 0 saturated heterocycles. The number of esters is 1. The molecule has 1 N–H and O–H groups in total. The molecule has 1 aromatic rings. The molecule has 102 valence electrons. The fourth-order valence-corrected chi connectivity index (χ4v) is 2.39. The zero-order valence-corrected chi connectivity index (χ0v) is 11.1. The average molecular weight is 263 g/mol. The van der Waals surface area contributed by atoms with E-state index in [2.05, 4.69) is 5.32 Å². The molecule has 3 nitrogen and oxygen atoms in total. The molecule has 0 saturated carbocycles. The Labute approximate surface area is 112 Å². The predicted molar refractivity (Wildman–Crippen MR) is 70.8 cm³/mol. The fourth-order valence-electron chi connectivity index (χ4n) is 2.39. The highest BCUT2D eigenvalue weighted by Gasteiger charge is 2.35. The molecule has 1 aliphatic carbocycles. The summed E-state index contributed by atoms with van der Waals surface area (Å²) >= 11 is 0. The molecule has 0 aromatic heterocycles. The highest BCUT2D eigenvalue weighted by molar-refractivity contribution is 5.75. The highest BCUT2D eigenvalue weighted by Crippen LogP contribution is 2.26.